The van der Waals surface area contributed by atoms with Crippen LogP contribution in [0.5, 0.6) is 0 Å². The van der Waals surface area contributed by atoms with Crippen LogP contribution in [-0.2, 0) is 0 Å². The molecule has 0 aliphatic carbocycles. The molecule has 1 atom stereocenters. The lowest BCUT2D eigenvalue weighted by Gasteiger charge is -2.15. The van der Waals surface area contributed by atoms with Crippen molar-refractivity contribution in [2.45, 2.75) is 13.3 Å². The van der Waals surface area contributed by atoms with Crippen molar-refractivity contribution < 1.29 is 14.3 Å². The summed E-state index contributed by atoms with van der Waals surface area (Å²) in [4.78, 5) is 13.3. The Kier molecular flexibility index (Phi) is 4.44. The summed E-state index contributed by atoms with van der Waals surface area (Å²) in [6.45, 7) is 5.83. The van der Waals surface area contributed by atoms with Crippen LogP contribution in [0, 0.1) is 11.7 Å². The van der Waals surface area contributed by atoms with Crippen molar-refractivity contribution in [2.75, 3.05) is 37.2 Å². The summed E-state index contributed by atoms with van der Waals surface area (Å²) in [6, 6.07) is 2.32. The first kappa shape index (κ1) is 14.6. The predicted molar refractivity (Wildman–Crippen MR) is 76.5 cm³/mol. The molecule has 2 rings (SSSR count). The molecule has 1 aromatic rings. The molecule has 1 unspecified atom stereocenters. The number of nitrogens with two attached hydrogens (primary N) is 1. The Balaban J connectivity index is 2.02. The van der Waals surface area contributed by atoms with Gasteiger partial charge in [0.05, 0.1) is 11.3 Å². The van der Waals surface area contributed by atoms with Gasteiger partial charge >= 0.3 is 5.97 Å². The molecule has 6 heteroatoms. The van der Waals surface area contributed by atoms with Crippen LogP contribution in [0.1, 0.15) is 23.7 Å². The first-order chi connectivity index (χ1) is 9.51. The molecule has 0 amide bonds. The first-order valence-corrected chi connectivity index (χ1v) is 6.79. The van der Waals surface area contributed by atoms with Crippen molar-refractivity contribution in [1.82, 2.24) is 4.90 Å². The van der Waals surface area contributed by atoms with E-state index in [0.717, 1.165) is 32.1 Å². The van der Waals surface area contributed by atoms with E-state index in [0.29, 0.717) is 12.5 Å². The second-order valence-electron chi connectivity index (χ2n) is 5.15. The molecular formula is C14H20FN3O2. The summed E-state index contributed by atoms with van der Waals surface area (Å²) in [7, 11) is 0. The minimum absolute atomic E-state index is 0.0569. The highest BCUT2D eigenvalue weighted by Crippen LogP contribution is 2.23. The van der Waals surface area contributed by atoms with Crippen LogP contribution in [0.15, 0.2) is 12.1 Å². The van der Waals surface area contributed by atoms with E-state index in [1.54, 1.807) is 0 Å². The van der Waals surface area contributed by atoms with E-state index in [2.05, 4.69) is 17.1 Å². The smallest absolute Gasteiger partial charge is 0.337 e. The number of benzene rings is 1. The van der Waals surface area contributed by atoms with Gasteiger partial charge in [0.2, 0.25) is 0 Å². The van der Waals surface area contributed by atoms with Gasteiger partial charge in [-0.2, -0.15) is 0 Å². The molecular weight excluding hydrogens is 261 g/mol. The van der Waals surface area contributed by atoms with E-state index in [1.165, 1.54) is 6.07 Å². The van der Waals surface area contributed by atoms with Crippen LogP contribution in [0.25, 0.3) is 0 Å². The number of carbonyl (C=O) groups is 1. The van der Waals surface area contributed by atoms with Crippen LogP contribution < -0.4 is 11.1 Å². The average Bonchev–Trinajstić information content (AvgIpc) is 2.85. The predicted octanol–water partition coefficient (Wildman–Crippen LogP) is 1.86. The highest BCUT2D eigenvalue weighted by Gasteiger charge is 2.21. The third-order valence-corrected chi connectivity index (χ3v) is 3.77. The molecule has 1 aliphatic heterocycles. The van der Waals surface area contributed by atoms with Crippen molar-refractivity contribution in [3.63, 3.8) is 0 Å². The zero-order valence-corrected chi connectivity index (χ0v) is 11.5. The van der Waals surface area contributed by atoms with Gasteiger partial charge in [-0.15, -0.1) is 0 Å². The fourth-order valence-corrected chi connectivity index (χ4v) is 2.53. The molecule has 20 heavy (non-hydrogen) atoms. The molecule has 0 saturated carbocycles. The molecule has 1 saturated heterocycles. The molecule has 0 bridgehead atoms. The zero-order valence-electron chi connectivity index (χ0n) is 11.5. The van der Waals surface area contributed by atoms with Gasteiger partial charge in [-0.05, 0) is 37.6 Å². The van der Waals surface area contributed by atoms with Gasteiger partial charge in [0.1, 0.15) is 5.82 Å². The monoisotopic (exact) mass is 281 g/mol. The number of hydrogen-bond donors (Lipinski definition) is 3. The summed E-state index contributed by atoms with van der Waals surface area (Å²) in [5, 5.41) is 12.0. The summed E-state index contributed by atoms with van der Waals surface area (Å²) in [5.74, 6) is -1.21. The van der Waals surface area contributed by atoms with E-state index >= 15 is 0 Å². The number of nitrogens with zero attached hydrogens (tertiary/aromatic N) is 1. The Bertz CT molecular complexity index is 507. The zero-order chi connectivity index (χ0) is 14.7. The number of carboxylic acids is 1. The lowest BCUT2D eigenvalue weighted by Crippen LogP contribution is -2.22. The maximum absolute atomic E-state index is 13.8. The summed E-state index contributed by atoms with van der Waals surface area (Å²) in [6.07, 6.45) is 1.07. The fraction of sp³-hybridized carbons (Fsp3) is 0.500. The minimum atomic E-state index is -1.15. The van der Waals surface area contributed by atoms with Gasteiger partial charge in [-0.25, -0.2) is 9.18 Å². The highest BCUT2D eigenvalue weighted by molar-refractivity contribution is 5.94. The SMILES string of the molecule is CCN1CCC(CNc2cc(C(=O)O)c(N)cc2F)C1. The van der Waals surface area contributed by atoms with Gasteiger partial charge in [0, 0.05) is 18.8 Å². The molecule has 1 aromatic carbocycles. The van der Waals surface area contributed by atoms with E-state index < -0.39 is 11.8 Å². The molecule has 0 radical (unpaired) electrons. The van der Waals surface area contributed by atoms with Crippen LogP contribution in [0.2, 0.25) is 0 Å². The summed E-state index contributed by atoms with van der Waals surface area (Å²) < 4.78 is 13.8. The number of aromatic carboxylic acids is 1. The fourth-order valence-electron chi connectivity index (χ4n) is 2.53. The van der Waals surface area contributed by atoms with E-state index in [4.69, 9.17) is 10.8 Å². The maximum Gasteiger partial charge on any atom is 0.337 e. The Labute approximate surface area is 117 Å². The summed E-state index contributed by atoms with van der Waals surface area (Å²) >= 11 is 0. The van der Waals surface area contributed by atoms with E-state index in [-0.39, 0.29) is 16.9 Å². The third-order valence-electron chi connectivity index (χ3n) is 3.77. The standard InChI is InChI=1S/C14H20FN3O2/c1-2-18-4-3-9(8-18)7-17-13-5-10(14(19)20)12(16)6-11(13)15/h5-6,9,17H,2-4,7-8,16H2,1H3,(H,19,20). The highest BCUT2D eigenvalue weighted by atomic mass is 19.1. The summed E-state index contributed by atoms with van der Waals surface area (Å²) in [5.41, 5.74) is 5.56. The lowest BCUT2D eigenvalue weighted by atomic mass is 10.1. The maximum atomic E-state index is 13.8. The van der Waals surface area contributed by atoms with E-state index in [1.807, 2.05) is 0 Å². The number of nitrogens with one attached hydrogen (secondary N) is 1. The molecule has 5 nitrogen and oxygen atoms in total. The number of halogens is 1. The first-order valence-electron chi connectivity index (χ1n) is 6.79. The van der Waals surface area contributed by atoms with Crippen molar-refractivity contribution in [1.29, 1.82) is 0 Å². The Morgan fingerprint density at radius 3 is 2.95 bits per heavy atom. The average molecular weight is 281 g/mol. The Hall–Kier alpha value is -1.82. The van der Waals surface area contributed by atoms with Gasteiger partial charge in [-0.1, -0.05) is 6.92 Å². The van der Waals surface area contributed by atoms with Gasteiger partial charge in [0.15, 0.2) is 0 Å². The topological polar surface area (TPSA) is 78.6 Å². The van der Waals surface area contributed by atoms with Crippen molar-refractivity contribution >= 4 is 17.3 Å². The van der Waals surface area contributed by atoms with Gasteiger partial charge in [-0.3, -0.25) is 0 Å². The number of likely N-dealkylation sites (tertiary alicyclic amines) is 1. The Morgan fingerprint density at radius 2 is 2.35 bits per heavy atom. The minimum Gasteiger partial charge on any atom is -0.478 e. The second-order valence-corrected chi connectivity index (χ2v) is 5.15. The van der Waals surface area contributed by atoms with Crippen molar-refractivity contribution in [3.8, 4) is 0 Å². The Morgan fingerprint density at radius 1 is 1.60 bits per heavy atom. The molecule has 0 spiro atoms. The van der Waals surface area contributed by atoms with Crippen molar-refractivity contribution in [2.24, 2.45) is 5.92 Å². The molecule has 1 heterocycles. The number of carboxylic acid groups (broad SMARTS) is 1. The number of anilines is 2. The number of nitrogen functional groups attached to an aromatic ring is 1. The lowest BCUT2D eigenvalue weighted by molar-refractivity contribution is 0.0698. The number of hydrogen-bond acceptors (Lipinski definition) is 4. The van der Waals surface area contributed by atoms with Gasteiger partial charge in [0.25, 0.3) is 0 Å². The van der Waals surface area contributed by atoms with Crippen LogP contribution in [-0.4, -0.2) is 42.2 Å². The molecule has 4 N–H and O–H groups in total. The largest absolute Gasteiger partial charge is 0.478 e. The van der Waals surface area contributed by atoms with Crippen LogP contribution in [0.3, 0.4) is 0 Å². The quantitative estimate of drug-likeness (QED) is 0.718. The van der Waals surface area contributed by atoms with Crippen molar-refractivity contribution in [3.05, 3.63) is 23.5 Å². The van der Waals surface area contributed by atoms with Gasteiger partial charge < -0.3 is 21.1 Å². The van der Waals surface area contributed by atoms with Crippen LogP contribution in [0.4, 0.5) is 15.8 Å². The third kappa shape index (κ3) is 3.19. The molecule has 110 valence electrons. The number of rotatable bonds is 5. The molecule has 1 aliphatic rings. The molecule has 1 fully saturated rings. The normalized spacial score (nSPS) is 19.2. The second kappa shape index (κ2) is 6.09. The van der Waals surface area contributed by atoms with E-state index in [9.17, 15) is 9.18 Å². The van der Waals surface area contributed by atoms with Crippen LogP contribution >= 0.6 is 0 Å². The molecule has 0 aromatic heterocycles.